The van der Waals surface area contributed by atoms with Crippen molar-refractivity contribution in [2.75, 3.05) is 5.32 Å². The van der Waals surface area contributed by atoms with Crippen molar-refractivity contribution in [3.63, 3.8) is 0 Å². The molecule has 98 valence electrons. The number of carbonyl (C=O) groups excluding carboxylic acids is 1. The Labute approximate surface area is 111 Å². The Bertz CT molecular complexity index is 618. The molecule has 0 saturated heterocycles. The van der Waals surface area contributed by atoms with Crippen molar-refractivity contribution in [2.24, 2.45) is 0 Å². The number of carbonyl (C=O) groups is 1. The molecule has 2 aromatic heterocycles. The molecule has 1 aliphatic rings. The minimum Gasteiger partial charge on any atom is -0.309 e. The number of amides is 1. The van der Waals surface area contributed by atoms with E-state index in [9.17, 15) is 4.79 Å². The van der Waals surface area contributed by atoms with Crippen LogP contribution in [0.2, 0.25) is 0 Å². The predicted octanol–water partition coefficient (Wildman–Crippen LogP) is 2.08. The summed E-state index contributed by atoms with van der Waals surface area (Å²) in [5.41, 5.74) is 3.30. The SMILES string of the molecule is CCn1nc2c(c1C)C(c1cccnc1)CC(=O)N2. The summed E-state index contributed by atoms with van der Waals surface area (Å²) in [6.07, 6.45) is 4.03. The number of aryl methyl sites for hydroxylation is 1. The quantitative estimate of drug-likeness (QED) is 0.895. The average molecular weight is 256 g/mol. The fourth-order valence-electron chi connectivity index (χ4n) is 2.71. The Hall–Kier alpha value is -2.17. The molecule has 3 heterocycles. The maximum atomic E-state index is 11.8. The van der Waals surface area contributed by atoms with Crippen molar-refractivity contribution in [2.45, 2.75) is 32.7 Å². The number of anilines is 1. The predicted molar refractivity (Wildman–Crippen MR) is 72.0 cm³/mol. The molecule has 19 heavy (non-hydrogen) atoms. The van der Waals surface area contributed by atoms with Gasteiger partial charge in [-0.05, 0) is 25.5 Å². The summed E-state index contributed by atoms with van der Waals surface area (Å²) in [5, 5.41) is 7.32. The van der Waals surface area contributed by atoms with Gasteiger partial charge >= 0.3 is 0 Å². The van der Waals surface area contributed by atoms with Crippen molar-refractivity contribution in [3.05, 3.63) is 41.3 Å². The first-order valence-electron chi connectivity index (χ1n) is 6.47. The number of rotatable bonds is 2. The maximum Gasteiger partial charge on any atom is 0.226 e. The van der Waals surface area contributed by atoms with E-state index in [0.717, 1.165) is 23.4 Å². The highest BCUT2D eigenvalue weighted by atomic mass is 16.1. The van der Waals surface area contributed by atoms with E-state index in [2.05, 4.69) is 22.3 Å². The fourth-order valence-corrected chi connectivity index (χ4v) is 2.71. The zero-order chi connectivity index (χ0) is 13.4. The van der Waals surface area contributed by atoms with Crippen LogP contribution in [0.15, 0.2) is 24.5 Å². The van der Waals surface area contributed by atoms with Crippen LogP contribution in [0.5, 0.6) is 0 Å². The summed E-state index contributed by atoms with van der Waals surface area (Å²) in [4.78, 5) is 16.0. The van der Waals surface area contributed by atoms with Crippen LogP contribution in [0.3, 0.4) is 0 Å². The molecular weight excluding hydrogens is 240 g/mol. The van der Waals surface area contributed by atoms with E-state index in [-0.39, 0.29) is 11.8 Å². The molecule has 1 amide bonds. The Balaban J connectivity index is 2.14. The summed E-state index contributed by atoms with van der Waals surface area (Å²) in [6, 6.07) is 3.92. The zero-order valence-electron chi connectivity index (χ0n) is 11.1. The molecule has 2 aromatic rings. The third kappa shape index (κ3) is 1.91. The first-order chi connectivity index (χ1) is 9.20. The highest BCUT2D eigenvalue weighted by Gasteiger charge is 2.31. The summed E-state index contributed by atoms with van der Waals surface area (Å²) in [6.45, 7) is 4.90. The lowest BCUT2D eigenvalue weighted by atomic mass is 9.87. The van der Waals surface area contributed by atoms with Gasteiger partial charge in [0.1, 0.15) is 0 Å². The molecule has 1 aliphatic heterocycles. The number of pyridine rings is 1. The molecule has 0 fully saturated rings. The zero-order valence-corrected chi connectivity index (χ0v) is 11.1. The smallest absolute Gasteiger partial charge is 0.226 e. The molecule has 3 rings (SSSR count). The molecule has 5 nitrogen and oxygen atoms in total. The van der Waals surface area contributed by atoms with Gasteiger partial charge in [-0.15, -0.1) is 0 Å². The Morgan fingerprint density at radius 1 is 1.53 bits per heavy atom. The van der Waals surface area contributed by atoms with Crippen molar-refractivity contribution in [3.8, 4) is 0 Å². The third-order valence-electron chi connectivity index (χ3n) is 3.63. The van der Waals surface area contributed by atoms with E-state index in [4.69, 9.17) is 0 Å². The third-order valence-corrected chi connectivity index (χ3v) is 3.63. The van der Waals surface area contributed by atoms with Crippen LogP contribution in [-0.2, 0) is 11.3 Å². The molecule has 5 heteroatoms. The Morgan fingerprint density at radius 3 is 3.05 bits per heavy atom. The monoisotopic (exact) mass is 256 g/mol. The second kappa shape index (κ2) is 4.50. The van der Waals surface area contributed by atoms with E-state index in [1.165, 1.54) is 0 Å². The lowest BCUT2D eigenvalue weighted by Crippen LogP contribution is -2.23. The fraction of sp³-hybridized carbons (Fsp3) is 0.357. The number of fused-ring (bicyclic) bond motifs is 1. The van der Waals surface area contributed by atoms with Crippen molar-refractivity contribution >= 4 is 11.7 Å². The van der Waals surface area contributed by atoms with Gasteiger partial charge < -0.3 is 5.32 Å². The van der Waals surface area contributed by atoms with Crippen LogP contribution >= 0.6 is 0 Å². The van der Waals surface area contributed by atoms with Crippen LogP contribution in [0.4, 0.5) is 5.82 Å². The second-order valence-electron chi connectivity index (χ2n) is 4.75. The minimum atomic E-state index is 0.0158. The molecule has 1 N–H and O–H groups in total. The first-order valence-corrected chi connectivity index (χ1v) is 6.47. The van der Waals surface area contributed by atoms with E-state index in [1.807, 2.05) is 29.9 Å². The highest BCUT2D eigenvalue weighted by Crippen LogP contribution is 2.38. The summed E-state index contributed by atoms with van der Waals surface area (Å²) in [7, 11) is 0. The van der Waals surface area contributed by atoms with Gasteiger partial charge in [0.25, 0.3) is 0 Å². The Morgan fingerprint density at radius 2 is 2.37 bits per heavy atom. The van der Waals surface area contributed by atoms with Gasteiger partial charge in [-0.3, -0.25) is 14.5 Å². The van der Waals surface area contributed by atoms with Gasteiger partial charge in [0.15, 0.2) is 5.82 Å². The van der Waals surface area contributed by atoms with Crippen molar-refractivity contribution in [1.29, 1.82) is 0 Å². The van der Waals surface area contributed by atoms with Gasteiger partial charge in [0.05, 0.1) is 0 Å². The van der Waals surface area contributed by atoms with E-state index >= 15 is 0 Å². The largest absolute Gasteiger partial charge is 0.309 e. The van der Waals surface area contributed by atoms with Gasteiger partial charge in [-0.1, -0.05) is 6.07 Å². The van der Waals surface area contributed by atoms with Gasteiger partial charge in [0, 0.05) is 42.5 Å². The topological polar surface area (TPSA) is 59.8 Å². The van der Waals surface area contributed by atoms with E-state index in [1.54, 1.807) is 6.20 Å². The number of hydrogen-bond donors (Lipinski definition) is 1. The second-order valence-corrected chi connectivity index (χ2v) is 4.75. The van der Waals surface area contributed by atoms with Crippen molar-refractivity contribution in [1.82, 2.24) is 14.8 Å². The molecule has 1 atom stereocenters. The molecule has 1 unspecified atom stereocenters. The summed E-state index contributed by atoms with van der Waals surface area (Å²) in [5.74, 6) is 0.768. The molecule has 0 aliphatic carbocycles. The van der Waals surface area contributed by atoms with Gasteiger partial charge in [-0.2, -0.15) is 5.10 Å². The minimum absolute atomic E-state index is 0.0158. The number of aromatic nitrogens is 3. The highest BCUT2D eigenvalue weighted by molar-refractivity contribution is 5.94. The van der Waals surface area contributed by atoms with Crippen LogP contribution in [0.25, 0.3) is 0 Å². The van der Waals surface area contributed by atoms with Gasteiger partial charge in [0.2, 0.25) is 5.91 Å². The summed E-state index contributed by atoms with van der Waals surface area (Å²) >= 11 is 0. The van der Waals surface area contributed by atoms with E-state index < -0.39 is 0 Å². The molecule has 0 spiro atoms. The maximum absolute atomic E-state index is 11.8. The number of nitrogens with zero attached hydrogens (tertiary/aromatic N) is 3. The standard InChI is InChI=1S/C14H16N4O/c1-3-18-9(2)13-11(10-5-4-6-15-8-10)7-12(19)16-14(13)17-18/h4-6,8,11H,3,7H2,1-2H3,(H,16,17,19). The Kier molecular flexibility index (Phi) is 2.81. The van der Waals surface area contributed by atoms with Crippen LogP contribution in [0, 0.1) is 6.92 Å². The lowest BCUT2D eigenvalue weighted by molar-refractivity contribution is -0.116. The van der Waals surface area contributed by atoms with Crippen LogP contribution in [-0.4, -0.2) is 20.7 Å². The lowest BCUT2D eigenvalue weighted by Gasteiger charge is -2.22. The number of hydrogen-bond acceptors (Lipinski definition) is 3. The van der Waals surface area contributed by atoms with Crippen molar-refractivity contribution < 1.29 is 4.79 Å². The first kappa shape index (κ1) is 11.9. The van der Waals surface area contributed by atoms with E-state index in [0.29, 0.717) is 12.2 Å². The molecule has 0 aromatic carbocycles. The molecule has 0 bridgehead atoms. The average Bonchev–Trinajstić information content (AvgIpc) is 2.75. The van der Waals surface area contributed by atoms with Crippen LogP contribution in [0.1, 0.15) is 36.1 Å². The van der Waals surface area contributed by atoms with Gasteiger partial charge in [-0.25, -0.2) is 0 Å². The normalized spacial score (nSPS) is 18.0. The molecule has 0 radical (unpaired) electrons. The molecule has 0 saturated carbocycles. The van der Waals surface area contributed by atoms with Crippen LogP contribution < -0.4 is 5.32 Å². The summed E-state index contributed by atoms with van der Waals surface area (Å²) < 4.78 is 1.93. The number of nitrogens with one attached hydrogen (secondary N) is 1. The molecular formula is C14H16N4O.